The van der Waals surface area contributed by atoms with Crippen molar-refractivity contribution in [2.45, 2.75) is 77.1 Å². The summed E-state index contributed by atoms with van der Waals surface area (Å²) in [4.78, 5) is 35.7. The van der Waals surface area contributed by atoms with Crippen molar-refractivity contribution >= 4 is 39.5 Å². The van der Waals surface area contributed by atoms with Crippen LogP contribution >= 0.6 is 11.3 Å². The first-order valence-electron chi connectivity index (χ1n) is 16.6. The Bertz CT molecular complexity index is 1660. The molecule has 4 rings (SSSR count). The lowest BCUT2D eigenvalue weighted by Crippen LogP contribution is -2.57. The summed E-state index contributed by atoms with van der Waals surface area (Å²) in [6.45, 7) is 10.7. The fourth-order valence-electron chi connectivity index (χ4n) is 5.99. The molecule has 1 aliphatic heterocycles. The maximum absolute atomic E-state index is 14.2. The van der Waals surface area contributed by atoms with Crippen LogP contribution < -0.4 is 5.32 Å². The minimum absolute atomic E-state index is 0.0285. The standard InChI is InChI=1S/C35H48N6O6S2/c1-6-25(4)33(41-17-16-39(35(41)44)21-29-23-48-26(5)37-29)34(43)38-31(18-27-10-8-7-9-11-27)32(42)22-40(20-24(2)3)49(46,47)30-14-12-28(13-15-30)19-36-45/h7-15,19,23-25,31-33,42,45H,6,16-18,20-22H2,1-5H3,(H,38,43)/t25-,31-,32+,33-/m0/s1. The molecule has 2 aromatic carbocycles. The van der Waals surface area contributed by atoms with E-state index in [1.165, 1.54) is 46.1 Å². The molecule has 0 radical (unpaired) electrons. The molecule has 0 saturated carbocycles. The summed E-state index contributed by atoms with van der Waals surface area (Å²) in [6, 6.07) is 13.4. The van der Waals surface area contributed by atoms with Crippen LogP contribution in [0.5, 0.6) is 0 Å². The van der Waals surface area contributed by atoms with Crippen molar-refractivity contribution in [3.05, 3.63) is 81.8 Å². The van der Waals surface area contributed by atoms with Gasteiger partial charge in [-0.1, -0.05) is 81.7 Å². The first kappa shape index (κ1) is 38.0. The third-order valence-corrected chi connectivity index (χ3v) is 11.4. The van der Waals surface area contributed by atoms with Crippen LogP contribution in [-0.2, 0) is 27.8 Å². The number of sulfonamides is 1. The highest BCUT2D eigenvalue weighted by Gasteiger charge is 2.41. The number of hydrogen-bond acceptors (Lipinski definition) is 9. The van der Waals surface area contributed by atoms with Gasteiger partial charge >= 0.3 is 6.03 Å². The second kappa shape index (κ2) is 17.2. The van der Waals surface area contributed by atoms with Gasteiger partial charge in [-0.15, -0.1) is 11.3 Å². The van der Waals surface area contributed by atoms with Crippen LogP contribution in [0.4, 0.5) is 4.79 Å². The van der Waals surface area contributed by atoms with Crippen molar-refractivity contribution in [3.8, 4) is 0 Å². The van der Waals surface area contributed by atoms with Crippen LogP contribution in [0.15, 0.2) is 70.0 Å². The van der Waals surface area contributed by atoms with Crippen LogP contribution in [0.2, 0.25) is 0 Å². The Kier molecular flexibility index (Phi) is 13.3. The molecular weight excluding hydrogens is 665 g/mol. The third-order valence-electron chi connectivity index (χ3n) is 8.71. The van der Waals surface area contributed by atoms with Crippen LogP contribution in [0.1, 0.15) is 55.9 Å². The average Bonchev–Trinajstić information content (AvgIpc) is 3.65. The fourth-order valence-corrected chi connectivity index (χ4v) is 8.21. The normalized spacial score (nSPS) is 16.4. The number of benzene rings is 2. The molecule has 1 saturated heterocycles. The number of carbonyl (C=O) groups is 2. The molecule has 0 bridgehead atoms. The smallest absolute Gasteiger partial charge is 0.321 e. The predicted molar refractivity (Wildman–Crippen MR) is 190 cm³/mol. The Hall–Kier alpha value is -3.85. The molecule has 0 unspecified atom stereocenters. The molecule has 1 fully saturated rings. The quantitative estimate of drug-likeness (QED) is 0.107. The van der Waals surface area contributed by atoms with Gasteiger partial charge in [-0.3, -0.25) is 4.79 Å². The highest BCUT2D eigenvalue weighted by molar-refractivity contribution is 7.89. The van der Waals surface area contributed by atoms with Gasteiger partial charge in [-0.25, -0.2) is 18.2 Å². The summed E-state index contributed by atoms with van der Waals surface area (Å²) in [5, 5.41) is 29.5. The molecule has 3 aromatic rings. The molecule has 4 atom stereocenters. The summed E-state index contributed by atoms with van der Waals surface area (Å²) < 4.78 is 29.0. The number of aliphatic hydroxyl groups is 1. The van der Waals surface area contributed by atoms with E-state index in [2.05, 4.69) is 15.5 Å². The first-order chi connectivity index (χ1) is 23.3. The molecule has 0 spiro atoms. The third kappa shape index (κ3) is 9.87. The minimum Gasteiger partial charge on any atom is -0.411 e. The maximum Gasteiger partial charge on any atom is 0.321 e. The zero-order chi connectivity index (χ0) is 35.7. The number of nitrogens with zero attached hydrogens (tertiary/aromatic N) is 5. The molecule has 49 heavy (non-hydrogen) atoms. The lowest BCUT2D eigenvalue weighted by molar-refractivity contribution is -0.128. The summed E-state index contributed by atoms with van der Waals surface area (Å²) >= 11 is 1.52. The number of carbonyl (C=O) groups excluding carboxylic acids is 2. The van der Waals surface area contributed by atoms with Gasteiger partial charge < -0.3 is 25.4 Å². The number of thiazole rings is 1. The highest BCUT2D eigenvalue weighted by atomic mass is 32.2. The van der Waals surface area contributed by atoms with Gasteiger partial charge in [-0.05, 0) is 48.4 Å². The molecule has 3 N–H and O–H groups in total. The van der Waals surface area contributed by atoms with E-state index in [1.807, 2.05) is 70.3 Å². The minimum atomic E-state index is -4.05. The number of aliphatic hydroxyl groups excluding tert-OH is 1. The number of nitrogens with one attached hydrogen (secondary N) is 1. The topological polar surface area (TPSA) is 156 Å². The molecule has 1 aromatic heterocycles. The monoisotopic (exact) mass is 712 g/mol. The number of amides is 3. The highest BCUT2D eigenvalue weighted by Crippen LogP contribution is 2.24. The van der Waals surface area contributed by atoms with Gasteiger partial charge in [0.25, 0.3) is 0 Å². The summed E-state index contributed by atoms with van der Waals surface area (Å²) in [7, 11) is -4.05. The number of aromatic nitrogens is 1. The molecule has 1 aliphatic rings. The van der Waals surface area contributed by atoms with Gasteiger partial charge in [-0.2, -0.15) is 4.31 Å². The van der Waals surface area contributed by atoms with E-state index >= 15 is 0 Å². The van der Waals surface area contributed by atoms with Crippen molar-refractivity contribution < 1.29 is 28.3 Å². The Morgan fingerprint density at radius 3 is 2.39 bits per heavy atom. The lowest BCUT2D eigenvalue weighted by atomic mass is 9.95. The zero-order valence-corrected chi connectivity index (χ0v) is 30.4. The maximum atomic E-state index is 14.2. The van der Waals surface area contributed by atoms with Gasteiger partial charge in [0.15, 0.2) is 0 Å². The predicted octanol–water partition coefficient (Wildman–Crippen LogP) is 4.35. The van der Waals surface area contributed by atoms with E-state index in [1.54, 1.807) is 9.80 Å². The molecule has 2 heterocycles. The van der Waals surface area contributed by atoms with Crippen molar-refractivity contribution in [3.63, 3.8) is 0 Å². The van der Waals surface area contributed by atoms with Crippen LogP contribution in [0.25, 0.3) is 0 Å². The van der Waals surface area contributed by atoms with Crippen molar-refractivity contribution in [2.24, 2.45) is 17.0 Å². The van der Waals surface area contributed by atoms with Gasteiger partial charge in [0.05, 0.1) is 40.5 Å². The van der Waals surface area contributed by atoms with Gasteiger partial charge in [0.1, 0.15) is 6.04 Å². The Morgan fingerprint density at radius 2 is 1.80 bits per heavy atom. The largest absolute Gasteiger partial charge is 0.411 e. The van der Waals surface area contributed by atoms with Crippen LogP contribution in [-0.4, -0.2) is 100 Å². The molecule has 14 heteroatoms. The number of rotatable bonds is 17. The van der Waals surface area contributed by atoms with Crippen LogP contribution in [0, 0.1) is 18.8 Å². The van der Waals surface area contributed by atoms with Crippen molar-refractivity contribution in [1.29, 1.82) is 0 Å². The molecule has 3 amide bonds. The summed E-state index contributed by atoms with van der Waals surface area (Å²) in [5.41, 5.74) is 2.19. The number of urea groups is 1. The molecule has 0 aliphatic carbocycles. The zero-order valence-electron chi connectivity index (χ0n) is 28.8. The molecule has 12 nitrogen and oxygen atoms in total. The fraction of sp³-hybridized carbons (Fsp3) is 0.486. The van der Waals surface area contributed by atoms with E-state index in [0.29, 0.717) is 31.6 Å². The Labute approximate surface area is 293 Å². The van der Waals surface area contributed by atoms with Crippen molar-refractivity contribution in [2.75, 3.05) is 26.2 Å². The lowest BCUT2D eigenvalue weighted by Gasteiger charge is -2.35. The van der Waals surface area contributed by atoms with E-state index in [4.69, 9.17) is 5.21 Å². The summed E-state index contributed by atoms with van der Waals surface area (Å²) in [5.74, 6) is -0.637. The SMILES string of the molecule is CC[C@H](C)[C@@H](C(=O)N[C@@H](Cc1ccccc1)[C@H](O)CN(CC(C)C)S(=O)(=O)c1ccc(C=NO)cc1)N1CCN(Cc2csc(C)n2)C1=O. The Balaban J connectivity index is 1.59. The average molecular weight is 713 g/mol. The van der Waals surface area contributed by atoms with Gasteiger partial charge in [0.2, 0.25) is 15.9 Å². The van der Waals surface area contributed by atoms with E-state index in [0.717, 1.165) is 16.3 Å². The number of aryl methyl sites for hydroxylation is 1. The first-order valence-corrected chi connectivity index (χ1v) is 18.9. The second-order valence-electron chi connectivity index (χ2n) is 13.0. The van der Waals surface area contributed by atoms with Gasteiger partial charge in [0, 0.05) is 31.6 Å². The number of hydrogen-bond donors (Lipinski definition) is 3. The van der Waals surface area contributed by atoms with E-state index in [9.17, 15) is 23.1 Å². The Morgan fingerprint density at radius 1 is 1.10 bits per heavy atom. The van der Waals surface area contributed by atoms with E-state index < -0.39 is 34.1 Å². The second-order valence-corrected chi connectivity index (χ2v) is 16.0. The molecular formula is C35H48N6O6S2. The number of oxime groups is 1. The van der Waals surface area contributed by atoms with Crippen LogP contribution in [0.3, 0.4) is 0 Å². The van der Waals surface area contributed by atoms with Crippen molar-refractivity contribution in [1.82, 2.24) is 24.4 Å². The molecule has 266 valence electrons. The van der Waals surface area contributed by atoms with E-state index in [-0.39, 0.29) is 42.3 Å². The summed E-state index contributed by atoms with van der Waals surface area (Å²) in [6.07, 6.45) is 0.803.